The van der Waals surface area contributed by atoms with E-state index in [1.54, 1.807) is 24.3 Å². The molecule has 0 saturated carbocycles. The number of carbonyl (C=O) groups is 1. The summed E-state index contributed by atoms with van der Waals surface area (Å²) in [7, 11) is 1.31. The van der Waals surface area contributed by atoms with E-state index in [4.69, 9.17) is 0 Å². The molecule has 1 aromatic rings. The third-order valence-corrected chi connectivity index (χ3v) is 2.77. The number of alkyl halides is 3. The topological polar surface area (TPSA) is 41.1 Å². The van der Waals surface area contributed by atoms with Crippen LogP contribution in [0.3, 0.4) is 0 Å². The highest BCUT2D eigenvalue weighted by Crippen LogP contribution is 2.26. The first-order valence-corrected chi connectivity index (χ1v) is 5.99. The second kappa shape index (κ2) is 6.45. The third kappa shape index (κ3) is 4.81. The van der Waals surface area contributed by atoms with Crippen molar-refractivity contribution in [3.05, 3.63) is 29.8 Å². The second-order valence-corrected chi connectivity index (χ2v) is 4.17. The van der Waals surface area contributed by atoms with Crippen molar-refractivity contribution in [2.75, 3.05) is 12.4 Å². The maximum absolute atomic E-state index is 12.8. The Bertz CT molecular complexity index is 415. The molecule has 106 valence electrons. The molecule has 3 nitrogen and oxygen atoms in total. The predicted octanol–water partition coefficient (Wildman–Crippen LogP) is 2.73. The van der Waals surface area contributed by atoms with Crippen LogP contribution in [0.4, 0.5) is 18.9 Å². The summed E-state index contributed by atoms with van der Waals surface area (Å²) in [5.74, 6) is -0.653. The van der Waals surface area contributed by atoms with Gasteiger partial charge in [-0.2, -0.15) is 13.2 Å². The third-order valence-electron chi connectivity index (χ3n) is 2.77. The highest BCUT2D eigenvalue weighted by Gasteiger charge is 2.40. The summed E-state index contributed by atoms with van der Waals surface area (Å²) in [5.41, 5.74) is 1.39. The number of aryl methyl sites for hydroxylation is 1. The Morgan fingerprint density at radius 2 is 1.84 bits per heavy atom. The zero-order chi connectivity index (χ0) is 14.5. The summed E-state index contributed by atoms with van der Waals surface area (Å²) in [5, 5.41) is 4.54. The molecule has 0 bridgehead atoms. The quantitative estimate of drug-likeness (QED) is 0.866. The van der Waals surface area contributed by atoms with Gasteiger partial charge in [0.1, 0.15) is 6.04 Å². The van der Waals surface area contributed by atoms with Crippen LogP contribution in [0.2, 0.25) is 0 Å². The fourth-order valence-electron chi connectivity index (χ4n) is 1.57. The number of anilines is 1. The molecular formula is C13H17F3N2O. The zero-order valence-corrected chi connectivity index (χ0v) is 10.8. The van der Waals surface area contributed by atoms with Crippen molar-refractivity contribution in [3.8, 4) is 0 Å². The molecule has 0 fully saturated rings. The average Bonchev–Trinajstić information content (AvgIpc) is 2.37. The second-order valence-electron chi connectivity index (χ2n) is 4.17. The highest BCUT2D eigenvalue weighted by atomic mass is 19.4. The first-order valence-electron chi connectivity index (χ1n) is 5.99. The van der Waals surface area contributed by atoms with E-state index in [0.717, 1.165) is 12.0 Å². The van der Waals surface area contributed by atoms with Gasteiger partial charge in [0.15, 0.2) is 0 Å². The maximum atomic E-state index is 12.8. The standard InChI is InChI=1S/C13H17F3N2O/c1-3-9-4-6-10(7-5-9)18-11(13(14,15)16)8-12(19)17-2/h4-7,11,18H,3,8H2,1-2H3,(H,17,19). The summed E-state index contributed by atoms with van der Waals surface area (Å²) < 4.78 is 38.4. The molecule has 6 heteroatoms. The van der Waals surface area contributed by atoms with Gasteiger partial charge in [-0.05, 0) is 24.1 Å². The molecule has 0 aliphatic heterocycles. The van der Waals surface area contributed by atoms with Gasteiger partial charge in [0.2, 0.25) is 5.91 Å². The number of benzene rings is 1. The van der Waals surface area contributed by atoms with Crippen molar-refractivity contribution >= 4 is 11.6 Å². The van der Waals surface area contributed by atoms with Crippen LogP contribution in [-0.4, -0.2) is 25.2 Å². The molecule has 0 aliphatic carbocycles. The van der Waals surface area contributed by atoms with Crippen LogP contribution < -0.4 is 10.6 Å². The Hall–Kier alpha value is -1.72. The number of hydrogen-bond acceptors (Lipinski definition) is 2. The van der Waals surface area contributed by atoms with Crippen molar-refractivity contribution in [2.24, 2.45) is 0 Å². The van der Waals surface area contributed by atoms with Crippen LogP contribution in [0, 0.1) is 0 Å². The van der Waals surface area contributed by atoms with Gasteiger partial charge in [-0.3, -0.25) is 4.79 Å². The molecule has 1 atom stereocenters. The average molecular weight is 274 g/mol. The van der Waals surface area contributed by atoms with Gasteiger partial charge in [-0.15, -0.1) is 0 Å². The molecule has 1 unspecified atom stereocenters. The molecule has 0 saturated heterocycles. The molecule has 0 heterocycles. The molecule has 1 amide bonds. The summed E-state index contributed by atoms with van der Waals surface area (Å²) in [4.78, 5) is 11.1. The number of carbonyl (C=O) groups excluding carboxylic acids is 1. The smallest absolute Gasteiger partial charge is 0.374 e. The monoisotopic (exact) mass is 274 g/mol. The fourth-order valence-corrected chi connectivity index (χ4v) is 1.57. The normalized spacial score (nSPS) is 12.9. The number of rotatable bonds is 5. The van der Waals surface area contributed by atoms with E-state index in [2.05, 4.69) is 10.6 Å². The minimum absolute atomic E-state index is 0.350. The van der Waals surface area contributed by atoms with Crippen LogP contribution in [0.5, 0.6) is 0 Å². The Kier molecular flexibility index (Phi) is 5.20. The zero-order valence-electron chi connectivity index (χ0n) is 10.8. The predicted molar refractivity (Wildman–Crippen MR) is 68.0 cm³/mol. The molecule has 0 spiro atoms. The van der Waals surface area contributed by atoms with Crippen LogP contribution in [0.25, 0.3) is 0 Å². The van der Waals surface area contributed by atoms with Crippen molar-refractivity contribution < 1.29 is 18.0 Å². The van der Waals surface area contributed by atoms with Crippen LogP contribution in [0.1, 0.15) is 18.9 Å². The van der Waals surface area contributed by atoms with Crippen molar-refractivity contribution in [1.29, 1.82) is 0 Å². The largest absolute Gasteiger partial charge is 0.409 e. The Balaban J connectivity index is 2.78. The lowest BCUT2D eigenvalue weighted by atomic mass is 10.1. The van der Waals surface area contributed by atoms with Crippen molar-refractivity contribution in [3.63, 3.8) is 0 Å². The van der Waals surface area contributed by atoms with E-state index in [9.17, 15) is 18.0 Å². The highest BCUT2D eigenvalue weighted by molar-refractivity contribution is 5.76. The Morgan fingerprint density at radius 3 is 2.26 bits per heavy atom. The molecule has 2 N–H and O–H groups in total. The van der Waals surface area contributed by atoms with Crippen LogP contribution >= 0.6 is 0 Å². The van der Waals surface area contributed by atoms with Crippen LogP contribution in [0.15, 0.2) is 24.3 Å². The molecule has 0 radical (unpaired) electrons. The summed E-state index contributed by atoms with van der Waals surface area (Å²) >= 11 is 0. The SMILES string of the molecule is CCc1ccc(NC(CC(=O)NC)C(F)(F)F)cc1. The first-order chi connectivity index (χ1) is 8.86. The van der Waals surface area contributed by atoms with E-state index in [-0.39, 0.29) is 0 Å². The summed E-state index contributed by atoms with van der Waals surface area (Å²) in [6.07, 6.45) is -4.30. The van der Waals surface area contributed by atoms with Gasteiger partial charge in [-0.1, -0.05) is 19.1 Å². The van der Waals surface area contributed by atoms with E-state index in [0.29, 0.717) is 5.69 Å². The Morgan fingerprint density at radius 1 is 1.26 bits per heavy atom. The van der Waals surface area contributed by atoms with E-state index in [1.807, 2.05) is 6.92 Å². The summed E-state index contributed by atoms with van der Waals surface area (Å²) in [6, 6.07) is 4.80. The lowest BCUT2D eigenvalue weighted by molar-refractivity contribution is -0.150. The lowest BCUT2D eigenvalue weighted by Crippen LogP contribution is -2.40. The molecule has 0 aliphatic rings. The number of hydrogen-bond donors (Lipinski definition) is 2. The number of amides is 1. The van der Waals surface area contributed by atoms with Crippen molar-refractivity contribution in [2.45, 2.75) is 32.0 Å². The van der Waals surface area contributed by atoms with Gasteiger partial charge in [0.05, 0.1) is 6.42 Å². The van der Waals surface area contributed by atoms with E-state index >= 15 is 0 Å². The van der Waals surface area contributed by atoms with Gasteiger partial charge in [-0.25, -0.2) is 0 Å². The first kappa shape index (κ1) is 15.3. The maximum Gasteiger partial charge on any atom is 0.409 e. The van der Waals surface area contributed by atoms with Gasteiger partial charge < -0.3 is 10.6 Å². The lowest BCUT2D eigenvalue weighted by Gasteiger charge is -2.22. The molecular weight excluding hydrogens is 257 g/mol. The molecule has 1 rings (SSSR count). The summed E-state index contributed by atoms with van der Waals surface area (Å²) in [6.45, 7) is 1.96. The minimum Gasteiger partial charge on any atom is -0.374 e. The van der Waals surface area contributed by atoms with Gasteiger partial charge in [0, 0.05) is 12.7 Å². The Labute approximate surface area is 110 Å². The molecule has 1 aromatic carbocycles. The molecule has 19 heavy (non-hydrogen) atoms. The minimum atomic E-state index is -4.48. The van der Waals surface area contributed by atoms with Gasteiger partial charge in [0.25, 0.3) is 0 Å². The van der Waals surface area contributed by atoms with Crippen LogP contribution in [-0.2, 0) is 11.2 Å². The fraction of sp³-hybridized carbons (Fsp3) is 0.462. The number of nitrogens with one attached hydrogen (secondary N) is 2. The number of halogens is 3. The van der Waals surface area contributed by atoms with Gasteiger partial charge >= 0.3 is 6.18 Å². The van der Waals surface area contributed by atoms with E-state index in [1.165, 1.54) is 7.05 Å². The van der Waals surface area contributed by atoms with E-state index < -0.39 is 24.5 Å². The molecule has 0 aromatic heterocycles. The van der Waals surface area contributed by atoms with Crippen molar-refractivity contribution in [1.82, 2.24) is 5.32 Å².